The number of guanidine groups is 1. The van der Waals surface area contributed by atoms with Crippen molar-refractivity contribution in [2.75, 3.05) is 52.4 Å². The van der Waals surface area contributed by atoms with E-state index in [1.807, 2.05) is 11.8 Å². The van der Waals surface area contributed by atoms with E-state index >= 15 is 0 Å². The number of hydrogen-bond acceptors (Lipinski definition) is 5. The molecule has 1 saturated heterocycles. The van der Waals surface area contributed by atoms with Crippen LogP contribution in [0.1, 0.15) is 25.5 Å². The van der Waals surface area contributed by atoms with Crippen LogP contribution in [0.15, 0.2) is 29.3 Å². The van der Waals surface area contributed by atoms with E-state index in [1.165, 1.54) is 12.1 Å². The molecule has 30 heavy (non-hydrogen) atoms. The molecule has 10 heteroatoms. The Morgan fingerprint density at radius 2 is 1.87 bits per heavy atom. The Morgan fingerprint density at radius 3 is 2.43 bits per heavy atom. The summed E-state index contributed by atoms with van der Waals surface area (Å²) in [6.07, 6.45) is -0.860. The van der Waals surface area contributed by atoms with Crippen molar-refractivity contribution in [3.63, 3.8) is 0 Å². The topological polar surface area (TPSA) is 89.4 Å². The molecule has 0 saturated carbocycles. The number of aliphatic hydroxyl groups is 1. The third-order valence-electron chi connectivity index (χ3n) is 4.79. The van der Waals surface area contributed by atoms with E-state index in [2.05, 4.69) is 25.3 Å². The fourth-order valence-corrected chi connectivity index (χ4v) is 3.12. The minimum Gasteiger partial charge on any atom is -0.435 e. The van der Waals surface area contributed by atoms with Crippen LogP contribution < -0.4 is 15.4 Å². The van der Waals surface area contributed by atoms with Gasteiger partial charge in [0.25, 0.3) is 0 Å². The largest absolute Gasteiger partial charge is 0.435 e. The lowest BCUT2D eigenvalue weighted by molar-refractivity contribution is -0.130. The molecule has 0 radical (unpaired) electrons. The molecule has 1 aliphatic rings. The predicted molar refractivity (Wildman–Crippen MR) is 111 cm³/mol. The summed E-state index contributed by atoms with van der Waals surface area (Å²) in [7, 11) is 0. The maximum atomic E-state index is 12.2. The second-order valence-electron chi connectivity index (χ2n) is 6.96. The average Bonchev–Trinajstić information content (AvgIpc) is 2.72. The Bertz CT molecular complexity index is 680. The van der Waals surface area contributed by atoms with Gasteiger partial charge in [-0.25, -0.2) is 0 Å². The van der Waals surface area contributed by atoms with Gasteiger partial charge in [-0.1, -0.05) is 12.1 Å². The van der Waals surface area contributed by atoms with Crippen molar-refractivity contribution in [1.82, 2.24) is 20.4 Å². The SMILES string of the molecule is CCNC(=NCC(O)c1ccc(OC(F)F)cc1)NCCN1CCN(C(C)=O)CC1. The van der Waals surface area contributed by atoms with Crippen molar-refractivity contribution in [2.24, 2.45) is 4.99 Å². The fraction of sp³-hybridized carbons (Fsp3) is 0.600. The molecule has 168 valence electrons. The second-order valence-corrected chi connectivity index (χ2v) is 6.96. The molecule has 3 N–H and O–H groups in total. The normalized spacial score (nSPS) is 16.5. The van der Waals surface area contributed by atoms with Gasteiger partial charge in [-0.3, -0.25) is 14.7 Å². The molecule has 0 aliphatic carbocycles. The zero-order valence-corrected chi connectivity index (χ0v) is 17.5. The van der Waals surface area contributed by atoms with Gasteiger partial charge in [0.15, 0.2) is 5.96 Å². The van der Waals surface area contributed by atoms with Crippen LogP contribution in [0, 0.1) is 0 Å². The number of ether oxygens (including phenoxy) is 1. The fourth-order valence-electron chi connectivity index (χ4n) is 3.12. The summed E-state index contributed by atoms with van der Waals surface area (Å²) in [5, 5.41) is 16.7. The van der Waals surface area contributed by atoms with Crippen molar-refractivity contribution in [1.29, 1.82) is 0 Å². The number of amides is 1. The first-order valence-corrected chi connectivity index (χ1v) is 10.1. The van der Waals surface area contributed by atoms with Crippen LogP contribution in [-0.2, 0) is 4.79 Å². The predicted octanol–water partition coefficient (Wildman–Crippen LogP) is 1.04. The highest BCUT2D eigenvalue weighted by molar-refractivity contribution is 5.79. The molecule has 1 unspecified atom stereocenters. The third kappa shape index (κ3) is 8.11. The van der Waals surface area contributed by atoms with E-state index in [0.29, 0.717) is 24.6 Å². The van der Waals surface area contributed by atoms with Gasteiger partial charge in [0, 0.05) is 52.7 Å². The highest BCUT2D eigenvalue weighted by atomic mass is 19.3. The zero-order valence-electron chi connectivity index (χ0n) is 17.5. The lowest BCUT2D eigenvalue weighted by Gasteiger charge is -2.34. The molecule has 1 amide bonds. The summed E-state index contributed by atoms with van der Waals surface area (Å²) in [5.74, 6) is 0.754. The monoisotopic (exact) mass is 427 g/mol. The lowest BCUT2D eigenvalue weighted by atomic mass is 10.1. The Hall–Kier alpha value is -2.46. The third-order valence-corrected chi connectivity index (χ3v) is 4.79. The molecular weight excluding hydrogens is 396 g/mol. The highest BCUT2D eigenvalue weighted by Crippen LogP contribution is 2.19. The summed E-state index contributed by atoms with van der Waals surface area (Å²) >= 11 is 0. The van der Waals surface area contributed by atoms with E-state index < -0.39 is 12.7 Å². The van der Waals surface area contributed by atoms with Crippen molar-refractivity contribution in [3.05, 3.63) is 29.8 Å². The zero-order chi connectivity index (χ0) is 21.9. The van der Waals surface area contributed by atoms with Crippen LogP contribution in [0.25, 0.3) is 0 Å². The van der Waals surface area contributed by atoms with Gasteiger partial charge in [0.05, 0.1) is 12.6 Å². The number of benzene rings is 1. The van der Waals surface area contributed by atoms with Crippen LogP contribution in [0.2, 0.25) is 0 Å². The summed E-state index contributed by atoms with van der Waals surface area (Å²) in [6.45, 7) is 6.17. The van der Waals surface area contributed by atoms with Gasteiger partial charge in [-0.05, 0) is 24.6 Å². The number of carbonyl (C=O) groups excluding carboxylic acids is 1. The summed E-state index contributed by atoms with van der Waals surface area (Å²) < 4.78 is 28.7. The molecule has 0 bridgehead atoms. The number of hydrogen-bond donors (Lipinski definition) is 3. The van der Waals surface area contributed by atoms with Crippen LogP contribution in [0.4, 0.5) is 8.78 Å². The number of piperazine rings is 1. The quantitative estimate of drug-likeness (QED) is 0.403. The minimum atomic E-state index is -2.88. The Kier molecular flexibility index (Phi) is 9.75. The van der Waals surface area contributed by atoms with Gasteiger partial charge < -0.3 is 25.4 Å². The number of rotatable bonds is 9. The first-order chi connectivity index (χ1) is 14.4. The van der Waals surface area contributed by atoms with Gasteiger partial charge in [-0.2, -0.15) is 8.78 Å². The number of nitrogens with one attached hydrogen (secondary N) is 2. The van der Waals surface area contributed by atoms with Crippen molar-refractivity contribution < 1.29 is 23.4 Å². The Balaban J connectivity index is 1.78. The lowest BCUT2D eigenvalue weighted by Crippen LogP contribution is -2.50. The van der Waals surface area contributed by atoms with E-state index in [0.717, 1.165) is 32.7 Å². The molecular formula is C20H31F2N5O3. The van der Waals surface area contributed by atoms with Crippen LogP contribution in [0.3, 0.4) is 0 Å². The minimum absolute atomic E-state index is 0.0450. The molecule has 0 aromatic heterocycles. The Morgan fingerprint density at radius 1 is 1.20 bits per heavy atom. The first kappa shape index (κ1) is 23.8. The van der Waals surface area contributed by atoms with Gasteiger partial charge in [-0.15, -0.1) is 0 Å². The van der Waals surface area contributed by atoms with E-state index in [9.17, 15) is 18.7 Å². The van der Waals surface area contributed by atoms with Crippen molar-refractivity contribution >= 4 is 11.9 Å². The highest BCUT2D eigenvalue weighted by Gasteiger charge is 2.18. The molecule has 8 nitrogen and oxygen atoms in total. The summed E-state index contributed by atoms with van der Waals surface area (Å²) in [5.41, 5.74) is 0.569. The van der Waals surface area contributed by atoms with Crippen LogP contribution >= 0.6 is 0 Å². The number of aliphatic imine (C=N–C) groups is 1. The average molecular weight is 427 g/mol. The van der Waals surface area contributed by atoms with Crippen LogP contribution in [0.5, 0.6) is 5.75 Å². The van der Waals surface area contributed by atoms with Gasteiger partial charge in [0.2, 0.25) is 5.91 Å². The maximum Gasteiger partial charge on any atom is 0.387 e. The number of halogens is 2. The molecule has 2 rings (SSSR count). The van der Waals surface area contributed by atoms with E-state index in [-0.39, 0.29) is 18.2 Å². The van der Waals surface area contributed by atoms with Gasteiger partial charge >= 0.3 is 6.61 Å². The molecule has 1 aliphatic heterocycles. The van der Waals surface area contributed by atoms with Crippen molar-refractivity contribution in [3.8, 4) is 5.75 Å². The number of nitrogens with zero attached hydrogens (tertiary/aromatic N) is 3. The van der Waals surface area contributed by atoms with E-state index in [1.54, 1.807) is 19.1 Å². The maximum absolute atomic E-state index is 12.2. The smallest absolute Gasteiger partial charge is 0.387 e. The standard InChI is InChI=1S/C20H31F2N5O3/c1-3-23-20(24-8-9-26-10-12-27(13-11-26)15(2)28)25-14-18(29)16-4-6-17(7-5-16)30-19(21)22/h4-7,18-19,29H,3,8-14H2,1-2H3,(H2,23,24,25). The summed E-state index contributed by atoms with van der Waals surface area (Å²) in [4.78, 5) is 19.9. The molecule has 1 fully saturated rings. The molecule has 1 atom stereocenters. The second kappa shape index (κ2) is 12.3. The van der Waals surface area contributed by atoms with Crippen LogP contribution in [-0.4, -0.2) is 85.7 Å². The number of carbonyl (C=O) groups is 1. The molecule has 1 aromatic carbocycles. The van der Waals surface area contributed by atoms with E-state index in [4.69, 9.17) is 0 Å². The summed E-state index contributed by atoms with van der Waals surface area (Å²) in [6, 6.07) is 5.87. The number of alkyl halides is 2. The number of aliphatic hydroxyl groups excluding tert-OH is 1. The Labute approximate surface area is 175 Å². The first-order valence-electron chi connectivity index (χ1n) is 10.1. The van der Waals surface area contributed by atoms with Crippen molar-refractivity contribution in [2.45, 2.75) is 26.6 Å². The van der Waals surface area contributed by atoms with Gasteiger partial charge in [0.1, 0.15) is 5.75 Å². The molecule has 1 heterocycles. The molecule has 1 aromatic rings. The molecule has 0 spiro atoms.